The Kier molecular flexibility index (Phi) is 2.46. The van der Waals surface area contributed by atoms with Crippen LogP contribution in [-0.4, -0.2) is 11.2 Å². The minimum atomic E-state index is -0.254. The molecule has 0 unspecified atom stereocenters. The van der Waals surface area contributed by atoms with Gasteiger partial charge in [0.25, 0.3) is 0 Å². The number of thioether (sulfide) groups is 1. The van der Waals surface area contributed by atoms with Crippen molar-refractivity contribution in [3.05, 3.63) is 35.6 Å². The molecule has 2 atom stereocenters. The van der Waals surface area contributed by atoms with Crippen molar-refractivity contribution >= 4 is 17.7 Å². The van der Waals surface area contributed by atoms with Crippen molar-refractivity contribution in [3.8, 4) is 0 Å². The number of amides is 1. The fourth-order valence-corrected chi connectivity index (χ4v) is 2.44. The highest BCUT2D eigenvalue weighted by Gasteiger charge is 2.29. The molecule has 74 valence electrons. The van der Waals surface area contributed by atoms with Gasteiger partial charge in [-0.1, -0.05) is 12.1 Å². The predicted octanol–water partition coefficient (Wildman–Crippen LogP) is 2.08. The highest BCUT2D eigenvalue weighted by Crippen LogP contribution is 2.35. The molecule has 1 aliphatic heterocycles. The number of benzene rings is 1. The summed E-state index contributed by atoms with van der Waals surface area (Å²) in [6.45, 7) is 1.86. The van der Waals surface area contributed by atoms with Crippen LogP contribution in [0, 0.1) is 5.82 Å². The summed E-state index contributed by atoms with van der Waals surface area (Å²) in [5, 5.41) is 2.79. The smallest absolute Gasteiger partial charge is 0.234 e. The van der Waals surface area contributed by atoms with Gasteiger partial charge in [0.1, 0.15) is 11.2 Å². The van der Waals surface area contributed by atoms with E-state index in [0.717, 1.165) is 5.56 Å². The zero-order valence-corrected chi connectivity index (χ0v) is 8.48. The third-order valence-corrected chi connectivity index (χ3v) is 3.44. The number of nitrogens with one attached hydrogen (secondary N) is 1. The molecule has 2 nitrogen and oxygen atoms in total. The van der Waals surface area contributed by atoms with E-state index >= 15 is 0 Å². The molecule has 4 heteroatoms. The Labute approximate surface area is 85.9 Å². The van der Waals surface area contributed by atoms with Crippen LogP contribution in [0.1, 0.15) is 17.9 Å². The topological polar surface area (TPSA) is 29.1 Å². The summed E-state index contributed by atoms with van der Waals surface area (Å²) in [4.78, 5) is 11.2. The van der Waals surface area contributed by atoms with Crippen LogP contribution < -0.4 is 5.32 Å². The number of halogens is 1. The molecule has 2 rings (SSSR count). The first kappa shape index (κ1) is 9.52. The molecule has 1 aromatic carbocycles. The van der Waals surface area contributed by atoms with Crippen molar-refractivity contribution in [3.63, 3.8) is 0 Å². The molecule has 0 aliphatic carbocycles. The van der Waals surface area contributed by atoms with Crippen molar-refractivity contribution in [2.45, 2.75) is 17.5 Å². The van der Waals surface area contributed by atoms with Crippen LogP contribution in [0.25, 0.3) is 0 Å². The Bertz CT molecular complexity index is 352. The number of rotatable bonds is 1. The first-order chi connectivity index (χ1) is 6.66. The highest BCUT2D eigenvalue weighted by molar-refractivity contribution is 8.01. The van der Waals surface area contributed by atoms with Crippen LogP contribution in [0.5, 0.6) is 0 Å². The second kappa shape index (κ2) is 3.61. The molecule has 0 saturated carbocycles. The number of hydrogen-bond donors (Lipinski definition) is 1. The van der Waals surface area contributed by atoms with Gasteiger partial charge >= 0.3 is 0 Å². The van der Waals surface area contributed by atoms with Crippen LogP contribution in [0.2, 0.25) is 0 Å². The van der Waals surface area contributed by atoms with E-state index in [1.165, 1.54) is 12.1 Å². The average Bonchev–Trinajstić information content (AvgIpc) is 2.48. The molecule has 1 aromatic rings. The lowest BCUT2D eigenvalue weighted by Gasteiger charge is -2.08. The maximum atomic E-state index is 12.6. The predicted molar refractivity (Wildman–Crippen MR) is 54.3 cm³/mol. The van der Waals surface area contributed by atoms with E-state index in [1.54, 1.807) is 23.9 Å². The fourth-order valence-electron chi connectivity index (χ4n) is 1.35. The summed E-state index contributed by atoms with van der Waals surface area (Å²) >= 11 is 1.55. The maximum absolute atomic E-state index is 12.6. The van der Waals surface area contributed by atoms with Crippen LogP contribution in [0.4, 0.5) is 4.39 Å². The summed E-state index contributed by atoms with van der Waals surface area (Å²) < 4.78 is 12.6. The molecule has 0 bridgehead atoms. The Balaban J connectivity index is 2.17. The van der Waals surface area contributed by atoms with E-state index in [2.05, 4.69) is 5.32 Å². The molecule has 1 amide bonds. The van der Waals surface area contributed by atoms with Crippen LogP contribution in [0.3, 0.4) is 0 Å². The molecule has 1 saturated heterocycles. The van der Waals surface area contributed by atoms with E-state index in [4.69, 9.17) is 0 Å². The van der Waals surface area contributed by atoms with Crippen LogP contribution in [0.15, 0.2) is 24.3 Å². The van der Waals surface area contributed by atoms with E-state index in [0.29, 0.717) is 0 Å². The van der Waals surface area contributed by atoms with Gasteiger partial charge in [-0.3, -0.25) is 4.79 Å². The summed E-state index contributed by atoms with van der Waals surface area (Å²) in [5.41, 5.74) is 0.939. The van der Waals surface area contributed by atoms with Gasteiger partial charge < -0.3 is 5.32 Å². The molecule has 1 N–H and O–H groups in total. The summed E-state index contributed by atoms with van der Waals surface area (Å²) in [6, 6.07) is 6.21. The van der Waals surface area contributed by atoms with E-state index < -0.39 is 0 Å². The minimum absolute atomic E-state index is 0.0231. The summed E-state index contributed by atoms with van der Waals surface area (Å²) in [5.74, 6) is -0.208. The lowest BCUT2D eigenvalue weighted by molar-refractivity contribution is -0.119. The van der Waals surface area contributed by atoms with Gasteiger partial charge in [0.2, 0.25) is 5.91 Å². The second-order valence-electron chi connectivity index (χ2n) is 3.22. The van der Waals surface area contributed by atoms with Gasteiger partial charge in [-0.15, -0.1) is 11.8 Å². The van der Waals surface area contributed by atoms with Crippen LogP contribution >= 0.6 is 11.8 Å². The SMILES string of the molecule is C[C@@H]1S[C@H](c2ccc(F)cc2)NC1=O. The third kappa shape index (κ3) is 1.75. The first-order valence-corrected chi connectivity index (χ1v) is 5.32. The zero-order chi connectivity index (χ0) is 10.1. The quantitative estimate of drug-likeness (QED) is 0.770. The second-order valence-corrected chi connectivity index (χ2v) is 4.67. The van der Waals surface area contributed by atoms with Gasteiger partial charge in [0, 0.05) is 0 Å². The largest absolute Gasteiger partial charge is 0.339 e. The number of hydrogen-bond acceptors (Lipinski definition) is 2. The monoisotopic (exact) mass is 211 g/mol. The molecular formula is C10H10FNOS. The summed E-state index contributed by atoms with van der Waals surface area (Å²) in [7, 11) is 0. The minimum Gasteiger partial charge on any atom is -0.339 e. The van der Waals surface area contributed by atoms with E-state index in [-0.39, 0.29) is 22.3 Å². The summed E-state index contributed by atoms with van der Waals surface area (Å²) in [6.07, 6.45) is 0. The molecule has 0 aromatic heterocycles. The number of carbonyl (C=O) groups excluding carboxylic acids is 1. The lowest BCUT2D eigenvalue weighted by Crippen LogP contribution is -2.22. The van der Waals surface area contributed by atoms with Gasteiger partial charge in [-0.05, 0) is 24.6 Å². The highest BCUT2D eigenvalue weighted by atomic mass is 32.2. The first-order valence-electron chi connectivity index (χ1n) is 4.38. The van der Waals surface area contributed by atoms with Crippen molar-refractivity contribution in [2.75, 3.05) is 0 Å². The standard InChI is InChI=1S/C10H10FNOS/c1-6-9(13)12-10(14-6)7-2-4-8(11)5-3-7/h2-6,10H,1H3,(H,12,13)/t6-,10+/m0/s1. The molecule has 14 heavy (non-hydrogen) atoms. The van der Waals surface area contributed by atoms with Crippen molar-refractivity contribution in [2.24, 2.45) is 0 Å². The van der Waals surface area contributed by atoms with Crippen molar-refractivity contribution < 1.29 is 9.18 Å². The molecule has 0 radical (unpaired) electrons. The fraction of sp³-hybridized carbons (Fsp3) is 0.300. The molecule has 0 spiro atoms. The van der Waals surface area contributed by atoms with E-state index in [9.17, 15) is 9.18 Å². The Morgan fingerprint density at radius 2 is 2.00 bits per heavy atom. The Hall–Kier alpha value is -1.03. The lowest BCUT2D eigenvalue weighted by atomic mass is 10.2. The Morgan fingerprint density at radius 3 is 2.50 bits per heavy atom. The molecule has 1 fully saturated rings. The molecular weight excluding hydrogens is 201 g/mol. The Morgan fingerprint density at radius 1 is 1.36 bits per heavy atom. The molecule has 1 aliphatic rings. The van der Waals surface area contributed by atoms with Crippen LogP contribution in [-0.2, 0) is 4.79 Å². The number of carbonyl (C=O) groups is 1. The van der Waals surface area contributed by atoms with E-state index in [1.807, 2.05) is 6.92 Å². The van der Waals surface area contributed by atoms with Crippen molar-refractivity contribution in [1.29, 1.82) is 0 Å². The normalized spacial score (nSPS) is 26.3. The average molecular weight is 211 g/mol. The zero-order valence-electron chi connectivity index (χ0n) is 7.66. The molecule has 1 heterocycles. The maximum Gasteiger partial charge on any atom is 0.234 e. The third-order valence-electron chi connectivity index (χ3n) is 2.16. The van der Waals surface area contributed by atoms with Gasteiger partial charge in [0.15, 0.2) is 0 Å². The van der Waals surface area contributed by atoms with Gasteiger partial charge in [-0.2, -0.15) is 0 Å². The van der Waals surface area contributed by atoms with Gasteiger partial charge in [-0.25, -0.2) is 4.39 Å². The van der Waals surface area contributed by atoms with Crippen molar-refractivity contribution in [1.82, 2.24) is 5.32 Å². The van der Waals surface area contributed by atoms with Gasteiger partial charge in [0.05, 0.1) is 5.25 Å².